The molecule has 0 saturated heterocycles. The Labute approximate surface area is 143 Å². The fourth-order valence-corrected chi connectivity index (χ4v) is 2.68. The summed E-state index contributed by atoms with van der Waals surface area (Å²) in [7, 11) is 1.73. The van der Waals surface area contributed by atoms with Crippen LogP contribution in [-0.4, -0.2) is 32.4 Å². The molecule has 0 atom stereocenters. The molecule has 3 aromatic rings. The lowest BCUT2D eigenvalue weighted by Crippen LogP contribution is -2.32. The number of H-pyrrole nitrogens is 1. The first kappa shape index (κ1) is 16.6. The summed E-state index contributed by atoms with van der Waals surface area (Å²) in [6, 6.07) is 10.9. The van der Waals surface area contributed by atoms with Gasteiger partial charge in [0.1, 0.15) is 0 Å². The number of benzene rings is 1. The van der Waals surface area contributed by atoms with E-state index < -0.39 is 11.2 Å². The number of hydrogen-bond acceptors (Lipinski definition) is 4. The molecule has 7 heteroatoms. The second kappa shape index (κ2) is 7.12. The first-order valence-electron chi connectivity index (χ1n) is 7.91. The highest BCUT2D eigenvalue weighted by Gasteiger charge is 2.11. The average molecular weight is 338 g/mol. The summed E-state index contributed by atoms with van der Waals surface area (Å²) in [5.41, 5.74) is 0.945. The molecule has 7 nitrogen and oxygen atoms in total. The monoisotopic (exact) mass is 338 g/mol. The van der Waals surface area contributed by atoms with Crippen LogP contribution in [0.3, 0.4) is 0 Å². The van der Waals surface area contributed by atoms with Crippen molar-refractivity contribution in [2.24, 2.45) is 0 Å². The van der Waals surface area contributed by atoms with E-state index in [1.165, 1.54) is 16.8 Å². The third-order valence-corrected chi connectivity index (χ3v) is 4.03. The van der Waals surface area contributed by atoms with Gasteiger partial charge in [0.25, 0.3) is 5.56 Å². The van der Waals surface area contributed by atoms with Gasteiger partial charge in [-0.2, -0.15) is 0 Å². The minimum atomic E-state index is -0.511. The molecule has 1 amide bonds. The van der Waals surface area contributed by atoms with Crippen LogP contribution in [0, 0.1) is 0 Å². The summed E-state index contributed by atoms with van der Waals surface area (Å²) >= 11 is 0. The maximum atomic E-state index is 12.4. The molecule has 0 saturated carbocycles. The number of carbonyl (C=O) groups is 1. The van der Waals surface area contributed by atoms with Crippen LogP contribution >= 0.6 is 0 Å². The van der Waals surface area contributed by atoms with E-state index in [1.54, 1.807) is 18.1 Å². The van der Waals surface area contributed by atoms with Gasteiger partial charge in [-0.3, -0.25) is 19.6 Å². The molecule has 128 valence electrons. The molecule has 0 aliphatic heterocycles. The number of aromatic nitrogens is 3. The Morgan fingerprint density at radius 3 is 2.84 bits per heavy atom. The van der Waals surface area contributed by atoms with E-state index in [2.05, 4.69) is 9.97 Å². The second-order valence-electron chi connectivity index (χ2n) is 5.79. The number of nitrogens with one attached hydrogen (secondary N) is 1. The second-order valence-corrected chi connectivity index (χ2v) is 5.79. The Morgan fingerprint density at radius 1 is 1.20 bits per heavy atom. The van der Waals surface area contributed by atoms with E-state index >= 15 is 0 Å². The van der Waals surface area contributed by atoms with Crippen molar-refractivity contribution in [1.82, 2.24) is 19.4 Å². The standard InChI is InChI=1S/C18H18N4O3/c1-21(12-13-4-2-6-15-14(13)5-3-9-19-15)17(24)8-11-22-10-7-16(23)20-18(22)25/h2-7,9-10H,8,11-12H2,1H3,(H,20,23,25). The van der Waals surface area contributed by atoms with E-state index in [0.717, 1.165) is 16.5 Å². The highest BCUT2D eigenvalue weighted by atomic mass is 16.2. The molecule has 2 heterocycles. The molecule has 0 spiro atoms. The summed E-state index contributed by atoms with van der Waals surface area (Å²) in [6.07, 6.45) is 3.30. The topological polar surface area (TPSA) is 88.1 Å². The van der Waals surface area contributed by atoms with E-state index in [-0.39, 0.29) is 18.9 Å². The molecule has 0 fully saturated rings. The molecule has 1 aromatic carbocycles. The zero-order valence-corrected chi connectivity index (χ0v) is 13.8. The van der Waals surface area contributed by atoms with Gasteiger partial charge in [0.05, 0.1) is 5.52 Å². The predicted octanol–water partition coefficient (Wildman–Crippen LogP) is 1.13. The molecular weight excluding hydrogens is 320 g/mol. The van der Waals surface area contributed by atoms with Crippen LogP contribution in [0.2, 0.25) is 0 Å². The van der Waals surface area contributed by atoms with Gasteiger partial charge in [-0.15, -0.1) is 0 Å². The predicted molar refractivity (Wildman–Crippen MR) is 94.2 cm³/mol. The van der Waals surface area contributed by atoms with Crippen molar-refractivity contribution in [2.75, 3.05) is 7.05 Å². The summed E-state index contributed by atoms with van der Waals surface area (Å²) in [5.74, 6) is -0.0843. The number of pyridine rings is 1. The SMILES string of the molecule is CN(Cc1cccc2ncccc12)C(=O)CCn1ccc(=O)[nH]c1=O. The lowest BCUT2D eigenvalue weighted by Gasteiger charge is -2.18. The van der Waals surface area contributed by atoms with Crippen molar-refractivity contribution in [3.05, 3.63) is 75.2 Å². The largest absolute Gasteiger partial charge is 0.341 e. The number of aromatic amines is 1. The molecule has 0 radical (unpaired) electrons. The number of hydrogen-bond donors (Lipinski definition) is 1. The van der Waals surface area contributed by atoms with Crippen molar-refractivity contribution >= 4 is 16.8 Å². The van der Waals surface area contributed by atoms with E-state index in [1.807, 2.05) is 30.3 Å². The quantitative estimate of drug-likeness (QED) is 0.755. The maximum absolute atomic E-state index is 12.4. The van der Waals surface area contributed by atoms with Gasteiger partial charge in [0, 0.05) is 50.4 Å². The third-order valence-electron chi connectivity index (χ3n) is 4.03. The number of carbonyl (C=O) groups excluding carboxylic acids is 1. The van der Waals surface area contributed by atoms with Crippen molar-refractivity contribution in [1.29, 1.82) is 0 Å². The van der Waals surface area contributed by atoms with Gasteiger partial charge in [0.15, 0.2) is 0 Å². The maximum Gasteiger partial charge on any atom is 0.328 e. The molecule has 1 N–H and O–H groups in total. The van der Waals surface area contributed by atoms with Crippen LogP contribution in [0.4, 0.5) is 0 Å². The zero-order chi connectivity index (χ0) is 17.8. The fourth-order valence-electron chi connectivity index (χ4n) is 2.68. The van der Waals surface area contributed by atoms with Gasteiger partial charge >= 0.3 is 5.69 Å². The van der Waals surface area contributed by atoms with Gasteiger partial charge in [0.2, 0.25) is 5.91 Å². The van der Waals surface area contributed by atoms with Crippen LogP contribution in [0.25, 0.3) is 10.9 Å². The number of amides is 1. The van der Waals surface area contributed by atoms with Gasteiger partial charge in [-0.25, -0.2) is 4.79 Å². The van der Waals surface area contributed by atoms with Crippen LogP contribution < -0.4 is 11.2 Å². The smallest absolute Gasteiger partial charge is 0.328 e. The summed E-state index contributed by atoms with van der Waals surface area (Å²) in [6.45, 7) is 0.679. The normalized spacial score (nSPS) is 10.8. The molecule has 0 bridgehead atoms. The summed E-state index contributed by atoms with van der Waals surface area (Å²) < 4.78 is 1.31. The van der Waals surface area contributed by atoms with Gasteiger partial charge in [-0.1, -0.05) is 18.2 Å². The third kappa shape index (κ3) is 3.82. The van der Waals surface area contributed by atoms with Crippen molar-refractivity contribution in [3.63, 3.8) is 0 Å². The van der Waals surface area contributed by atoms with Gasteiger partial charge in [-0.05, 0) is 17.7 Å². The Kier molecular flexibility index (Phi) is 4.74. The Balaban J connectivity index is 1.68. The molecule has 2 aromatic heterocycles. The van der Waals surface area contributed by atoms with Crippen LogP contribution in [0.15, 0.2) is 58.4 Å². The Morgan fingerprint density at radius 2 is 2.04 bits per heavy atom. The van der Waals surface area contributed by atoms with E-state index in [0.29, 0.717) is 6.54 Å². The Hall–Kier alpha value is -3.22. The summed E-state index contributed by atoms with van der Waals surface area (Å²) in [4.78, 5) is 43.2. The number of rotatable bonds is 5. The van der Waals surface area contributed by atoms with Crippen LogP contribution in [0.1, 0.15) is 12.0 Å². The van der Waals surface area contributed by atoms with Crippen molar-refractivity contribution < 1.29 is 4.79 Å². The minimum Gasteiger partial charge on any atom is -0.341 e. The lowest BCUT2D eigenvalue weighted by molar-refractivity contribution is -0.130. The first-order valence-corrected chi connectivity index (χ1v) is 7.91. The molecule has 3 rings (SSSR count). The molecular formula is C18H18N4O3. The Bertz CT molecular complexity index is 1020. The highest BCUT2D eigenvalue weighted by molar-refractivity contribution is 5.83. The van der Waals surface area contributed by atoms with E-state index in [9.17, 15) is 14.4 Å². The average Bonchev–Trinajstić information content (AvgIpc) is 2.61. The zero-order valence-electron chi connectivity index (χ0n) is 13.8. The number of fused-ring (bicyclic) bond motifs is 1. The number of aryl methyl sites for hydroxylation is 1. The molecule has 25 heavy (non-hydrogen) atoms. The van der Waals surface area contributed by atoms with Crippen molar-refractivity contribution in [3.8, 4) is 0 Å². The number of nitrogens with zero attached hydrogens (tertiary/aromatic N) is 3. The minimum absolute atomic E-state index is 0.0843. The fraction of sp³-hybridized carbons (Fsp3) is 0.222. The lowest BCUT2D eigenvalue weighted by atomic mass is 10.1. The molecule has 0 aliphatic rings. The van der Waals surface area contributed by atoms with Gasteiger partial charge < -0.3 is 9.47 Å². The van der Waals surface area contributed by atoms with Crippen LogP contribution in [0.5, 0.6) is 0 Å². The summed E-state index contributed by atoms with van der Waals surface area (Å²) in [5, 5.41) is 1.02. The van der Waals surface area contributed by atoms with E-state index in [4.69, 9.17) is 0 Å². The highest BCUT2D eigenvalue weighted by Crippen LogP contribution is 2.18. The molecule has 0 unspecified atom stereocenters. The first-order chi connectivity index (χ1) is 12.0. The van der Waals surface area contributed by atoms with Crippen LogP contribution in [-0.2, 0) is 17.9 Å². The molecule has 0 aliphatic carbocycles. The van der Waals surface area contributed by atoms with Crippen molar-refractivity contribution in [2.45, 2.75) is 19.5 Å².